The van der Waals surface area contributed by atoms with Crippen molar-refractivity contribution in [3.8, 4) is 0 Å². The molecule has 0 fully saturated rings. The molecule has 2 nitrogen and oxygen atoms in total. The van der Waals surface area contributed by atoms with E-state index in [0.29, 0.717) is 0 Å². The maximum atomic E-state index is 0. The molecule has 4 N–H and O–H groups in total. The fraction of sp³-hybridized carbons (Fsp3) is 0. The molecule has 0 aromatic heterocycles. The van der Waals surface area contributed by atoms with Gasteiger partial charge in [0.25, 0.3) is 0 Å². The third kappa shape index (κ3) is 9.49. The van der Waals surface area contributed by atoms with Crippen LogP contribution in [0.4, 0.5) is 0 Å². The number of hydrogen-bond acceptors (Lipinski definition) is 0. The van der Waals surface area contributed by atoms with Gasteiger partial charge < -0.3 is 11.0 Å². The Morgan fingerprint density at radius 2 is 0.750 bits per heavy atom. The third-order valence-corrected chi connectivity index (χ3v) is 0. The molecule has 0 unspecified atom stereocenters. The summed E-state index contributed by atoms with van der Waals surface area (Å²) >= 11 is 0. The fourth-order valence-electron chi connectivity index (χ4n) is 0. The quantitative estimate of drug-likeness (QED) is 0.430. The molecule has 0 saturated heterocycles. The summed E-state index contributed by atoms with van der Waals surface area (Å²) < 4.78 is 0. The van der Waals surface area contributed by atoms with Crippen LogP contribution >= 0.6 is 0 Å². The van der Waals surface area contributed by atoms with E-state index in [2.05, 4.69) is 0 Å². The first kappa shape index (κ1) is 46.0. The average molecular weight is 244 g/mol. The second kappa shape index (κ2) is 23.2. The zero-order valence-corrected chi connectivity index (χ0v) is 4.34. The third-order valence-electron chi connectivity index (χ3n) is 0. The molecule has 4 heteroatoms. The SMILES string of the molecule is O.O.[NaH].[W]. The van der Waals surface area contributed by atoms with Crippen LogP contribution in [-0.4, -0.2) is 40.5 Å². The summed E-state index contributed by atoms with van der Waals surface area (Å²) in [4.78, 5) is 0. The van der Waals surface area contributed by atoms with Crippen molar-refractivity contribution in [1.82, 2.24) is 0 Å². The Morgan fingerprint density at radius 1 is 0.750 bits per heavy atom. The minimum absolute atomic E-state index is 0. The topological polar surface area (TPSA) is 63.0 Å². The maximum absolute atomic E-state index is 0. The van der Waals surface area contributed by atoms with Crippen molar-refractivity contribution in [2.75, 3.05) is 0 Å². The van der Waals surface area contributed by atoms with Crippen molar-refractivity contribution >= 4 is 29.6 Å². The first-order valence-corrected chi connectivity index (χ1v) is 0. The van der Waals surface area contributed by atoms with E-state index in [-0.39, 0.29) is 61.6 Å². The Hall–Kier alpha value is 1.61. The van der Waals surface area contributed by atoms with Gasteiger partial charge in [0.2, 0.25) is 0 Å². The minimum Gasteiger partial charge on any atom is 0 e. The van der Waals surface area contributed by atoms with Gasteiger partial charge in [0.1, 0.15) is 0 Å². The second-order valence-corrected chi connectivity index (χ2v) is 0. The Morgan fingerprint density at radius 3 is 0.750 bits per heavy atom. The van der Waals surface area contributed by atoms with E-state index in [0.717, 1.165) is 0 Å². The summed E-state index contributed by atoms with van der Waals surface area (Å²) in [5.41, 5.74) is 0. The minimum atomic E-state index is 0. The van der Waals surface area contributed by atoms with Gasteiger partial charge in [-0.15, -0.1) is 0 Å². The molecule has 0 aromatic rings. The van der Waals surface area contributed by atoms with Crippen LogP contribution in [0.1, 0.15) is 0 Å². The Kier molecular flexibility index (Phi) is 267. The molecule has 0 spiro atoms. The molecule has 0 aliphatic rings. The molecule has 0 rings (SSSR count). The predicted molar refractivity (Wildman–Crippen MR) is 14.4 cm³/mol. The molecule has 0 saturated carbocycles. The average Bonchev–Trinajstić information content (AvgIpc) is 0. The summed E-state index contributed by atoms with van der Waals surface area (Å²) in [6, 6.07) is 0. The van der Waals surface area contributed by atoms with Crippen LogP contribution in [0.5, 0.6) is 0 Å². The molecule has 0 aliphatic heterocycles. The van der Waals surface area contributed by atoms with Gasteiger partial charge >= 0.3 is 29.6 Å². The van der Waals surface area contributed by atoms with Gasteiger partial charge in [-0.1, -0.05) is 0 Å². The van der Waals surface area contributed by atoms with E-state index in [1.54, 1.807) is 0 Å². The summed E-state index contributed by atoms with van der Waals surface area (Å²) in [5.74, 6) is 0. The largest absolute Gasteiger partial charge is 0 e. The van der Waals surface area contributed by atoms with Crippen molar-refractivity contribution < 1.29 is 32.0 Å². The molecular weight excluding hydrogens is 239 g/mol. The van der Waals surface area contributed by atoms with E-state index >= 15 is 0 Å². The molecular formula is H5NaO2W. The Labute approximate surface area is 61.1 Å². The molecule has 0 radical (unpaired) electrons. The van der Waals surface area contributed by atoms with E-state index in [9.17, 15) is 0 Å². The first-order valence-electron chi connectivity index (χ1n) is 0. The van der Waals surface area contributed by atoms with Crippen molar-refractivity contribution in [1.29, 1.82) is 0 Å². The van der Waals surface area contributed by atoms with E-state index in [4.69, 9.17) is 0 Å². The van der Waals surface area contributed by atoms with Crippen molar-refractivity contribution in [3.05, 3.63) is 0 Å². The van der Waals surface area contributed by atoms with Gasteiger partial charge in [0.05, 0.1) is 0 Å². The van der Waals surface area contributed by atoms with Gasteiger partial charge in [-0.2, -0.15) is 0 Å². The smallest absolute Gasteiger partial charge is 0 e. The van der Waals surface area contributed by atoms with Crippen LogP contribution in [0.2, 0.25) is 0 Å². The van der Waals surface area contributed by atoms with Crippen molar-refractivity contribution in [3.63, 3.8) is 0 Å². The van der Waals surface area contributed by atoms with E-state index in [1.165, 1.54) is 0 Å². The van der Waals surface area contributed by atoms with E-state index in [1.807, 2.05) is 0 Å². The first-order chi connectivity index (χ1) is 0. The standard InChI is InChI=1S/Na.2H2O.W.H/h;2*1H2;;. The Bertz CT molecular complexity index is 6.00. The molecule has 0 aromatic carbocycles. The van der Waals surface area contributed by atoms with Crippen LogP contribution in [-0.2, 0) is 21.1 Å². The van der Waals surface area contributed by atoms with Gasteiger partial charge in [-0.25, -0.2) is 0 Å². The van der Waals surface area contributed by atoms with Crippen molar-refractivity contribution in [2.24, 2.45) is 0 Å². The van der Waals surface area contributed by atoms with Crippen LogP contribution in [0.15, 0.2) is 0 Å². The van der Waals surface area contributed by atoms with Crippen molar-refractivity contribution in [2.45, 2.75) is 0 Å². The van der Waals surface area contributed by atoms with Crippen LogP contribution in [0.25, 0.3) is 0 Å². The summed E-state index contributed by atoms with van der Waals surface area (Å²) in [5, 5.41) is 0. The molecule has 24 valence electrons. The second-order valence-electron chi connectivity index (χ2n) is 0. The number of rotatable bonds is 0. The predicted octanol–water partition coefficient (Wildman–Crippen LogP) is -2.30. The van der Waals surface area contributed by atoms with Crippen LogP contribution in [0, 0.1) is 0 Å². The van der Waals surface area contributed by atoms with Gasteiger partial charge in [-0.05, 0) is 0 Å². The van der Waals surface area contributed by atoms with Crippen LogP contribution < -0.4 is 0 Å². The van der Waals surface area contributed by atoms with E-state index < -0.39 is 0 Å². The van der Waals surface area contributed by atoms with Gasteiger partial charge in [0.15, 0.2) is 0 Å². The summed E-state index contributed by atoms with van der Waals surface area (Å²) in [6.45, 7) is 0. The zero-order chi connectivity index (χ0) is 0. The summed E-state index contributed by atoms with van der Waals surface area (Å²) in [7, 11) is 0. The maximum Gasteiger partial charge on any atom is 0 e. The molecule has 4 heavy (non-hydrogen) atoms. The van der Waals surface area contributed by atoms with Gasteiger partial charge in [0, 0.05) is 21.1 Å². The number of hydrogen-bond donors (Lipinski definition) is 0. The molecule has 0 heterocycles. The molecule has 0 atom stereocenters. The molecule has 0 aliphatic carbocycles. The fourth-order valence-corrected chi connectivity index (χ4v) is 0. The molecule has 0 bridgehead atoms. The monoisotopic (exact) mass is 244 g/mol. The van der Waals surface area contributed by atoms with Gasteiger partial charge in [-0.3, -0.25) is 0 Å². The summed E-state index contributed by atoms with van der Waals surface area (Å²) in [6.07, 6.45) is 0. The normalized spacial score (nSPS) is 0. The Balaban J connectivity index is 0. The molecule has 0 amide bonds. The van der Waals surface area contributed by atoms with Crippen LogP contribution in [0.3, 0.4) is 0 Å². The zero-order valence-electron chi connectivity index (χ0n) is 1.41.